The maximum Gasteiger partial charge on any atom is 0.333 e. The Morgan fingerprint density at radius 2 is 1.86 bits per heavy atom. The zero-order chi connectivity index (χ0) is 25.5. The highest BCUT2D eigenvalue weighted by Crippen LogP contribution is 2.47. The van der Waals surface area contributed by atoms with Gasteiger partial charge in [-0.25, -0.2) is 13.2 Å². The molecule has 190 valence electrons. The second-order valence-electron chi connectivity index (χ2n) is 8.78. The van der Waals surface area contributed by atoms with E-state index < -0.39 is 21.2 Å². The average Bonchev–Trinajstić information content (AvgIpc) is 2.95. The minimum Gasteiger partial charge on any atom is -0.493 e. The molecule has 35 heavy (non-hydrogen) atoms. The summed E-state index contributed by atoms with van der Waals surface area (Å²) in [4.78, 5) is 13.9. The third-order valence-corrected chi connectivity index (χ3v) is 8.41. The molecule has 0 radical (unpaired) electrons. The van der Waals surface area contributed by atoms with Crippen molar-refractivity contribution in [3.8, 4) is 11.5 Å². The third-order valence-electron chi connectivity index (χ3n) is 6.43. The van der Waals surface area contributed by atoms with Crippen LogP contribution in [0, 0.1) is 5.41 Å². The highest BCUT2D eigenvalue weighted by Gasteiger charge is 2.42. The zero-order valence-electron chi connectivity index (χ0n) is 21.0. The summed E-state index contributed by atoms with van der Waals surface area (Å²) in [6, 6.07) is 13.0. The average molecular weight is 502 g/mol. The van der Waals surface area contributed by atoms with Crippen molar-refractivity contribution in [3.63, 3.8) is 0 Å². The van der Waals surface area contributed by atoms with Crippen molar-refractivity contribution in [3.05, 3.63) is 54.8 Å². The fraction of sp³-hybridized carbons (Fsp3) is 0.444. The number of rotatable bonds is 10. The fourth-order valence-corrected chi connectivity index (χ4v) is 6.65. The molecule has 1 atom stereocenters. The summed E-state index contributed by atoms with van der Waals surface area (Å²) in [6.07, 6.45) is 5.84. The van der Waals surface area contributed by atoms with E-state index in [0.717, 1.165) is 37.4 Å². The van der Waals surface area contributed by atoms with E-state index in [9.17, 15) is 13.2 Å². The number of ether oxygens (including phenoxy) is 3. The smallest absolute Gasteiger partial charge is 0.333 e. The van der Waals surface area contributed by atoms with Crippen LogP contribution in [0.4, 0.5) is 11.4 Å². The zero-order valence-corrected chi connectivity index (χ0v) is 21.8. The summed E-state index contributed by atoms with van der Waals surface area (Å²) in [5.41, 5.74) is 1.07. The Morgan fingerprint density at radius 1 is 1.11 bits per heavy atom. The van der Waals surface area contributed by atoms with Crippen LogP contribution >= 0.6 is 0 Å². The molecule has 0 spiro atoms. The van der Waals surface area contributed by atoms with Crippen LogP contribution in [0.3, 0.4) is 0 Å². The second kappa shape index (κ2) is 11.6. The van der Waals surface area contributed by atoms with E-state index in [2.05, 4.69) is 18.7 Å². The molecule has 2 aromatic carbocycles. The van der Waals surface area contributed by atoms with Gasteiger partial charge in [0, 0.05) is 29.8 Å². The Hall–Kier alpha value is -3.00. The summed E-state index contributed by atoms with van der Waals surface area (Å²) in [6.45, 7) is 6.72. The number of sulfone groups is 1. The van der Waals surface area contributed by atoms with Crippen molar-refractivity contribution in [2.75, 3.05) is 30.9 Å². The van der Waals surface area contributed by atoms with Gasteiger partial charge in [-0.1, -0.05) is 44.9 Å². The standard InChI is InChI=1S/C27H35NO6S/c1-5-8-15-27(6-2)19-28(21-12-10-9-11-13-21)22-17-23(32-4)24(18-25(22)35(30,31)20-27)34-16-14-26(29)33-7-3/h9-14,16-18H,5-8,15,19-20H2,1-4H3/b16-14-. The molecule has 0 saturated heterocycles. The topological polar surface area (TPSA) is 82.1 Å². The number of benzene rings is 2. The molecular formula is C27H35NO6S. The molecule has 1 aliphatic heterocycles. The van der Waals surface area contributed by atoms with Gasteiger partial charge in [0.05, 0.1) is 42.4 Å². The van der Waals surface area contributed by atoms with Crippen LogP contribution in [-0.2, 0) is 19.4 Å². The van der Waals surface area contributed by atoms with Gasteiger partial charge >= 0.3 is 5.97 Å². The molecule has 0 aromatic heterocycles. The molecule has 8 heteroatoms. The van der Waals surface area contributed by atoms with Crippen LogP contribution in [0.2, 0.25) is 0 Å². The molecular weight excluding hydrogens is 466 g/mol. The van der Waals surface area contributed by atoms with Crippen molar-refractivity contribution in [1.82, 2.24) is 0 Å². The predicted molar refractivity (Wildman–Crippen MR) is 137 cm³/mol. The van der Waals surface area contributed by atoms with E-state index in [4.69, 9.17) is 14.2 Å². The molecule has 0 N–H and O–H groups in total. The number of carbonyl (C=O) groups is 1. The highest BCUT2D eigenvalue weighted by molar-refractivity contribution is 7.91. The van der Waals surface area contributed by atoms with E-state index in [0.29, 0.717) is 18.0 Å². The number of carbonyl (C=O) groups excluding carboxylic acids is 1. The Kier molecular flexibility index (Phi) is 8.83. The van der Waals surface area contributed by atoms with Gasteiger partial charge in [0.25, 0.3) is 0 Å². The first-order chi connectivity index (χ1) is 16.8. The normalized spacial score (nSPS) is 19.1. The van der Waals surface area contributed by atoms with Crippen molar-refractivity contribution in [2.45, 2.75) is 51.3 Å². The minimum atomic E-state index is -3.66. The summed E-state index contributed by atoms with van der Waals surface area (Å²) < 4.78 is 43.7. The number of esters is 1. The lowest BCUT2D eigenvalue weighted by Gasteiger charge is -2.36. The molecule has 1 unspecified atom stereocenters. The lowest BCUT2D eigenvalue weighted by Crippen LogP contribution is -2.37. The van der Waals surface area contributed by atoms with Crippen LogP contribution < -0.4 is 14.4 Å². The second-order valence-corrected chi connectivity index (χ2v) is 10.7. The lowest BCUT2D eigenvalue weighted by molar-refractivity contribution is -0.137. The van der Waals surface area contributed by atoms with Crippen LogP contribution in [0.15, 0.2) is 59.7 Å². The molecule has 0 saturated carbocycles. The number of nitrogens with zero attached hydrogens (tertiary/aromatic N) is 1. The molecule has 3 rings (SSSR count). The van der Waals surface area contributed by atoms with Gasteiger partial charge < -0.3 is 19.1 Å². The van der Waals surface area contributed by atoms with Crippen molar-refractivity contribution in [2.24, 2.45) is 5.41 Å². The van der Waals surface area contributed by atoms with Gasteiger partial charge in [0.2, 0.25) is 0 Å². The van der Waals surface area contributed by atoms with E-state index in [1.54, 1.807) is 13.0 Å². The van der Waals surface area contributed by atoms with Gasteiger partial charge in [-0.15, -0.1) is 0 Å². The third kappa shape index (κ3) is 6.17. The van der Waals surface area contributed by atoms with Crippen molar-refractivity contribution in [1.29, 1.82) is 0 Å². The molecule has 0 aliphatic carbocycles. The number of fused-ring (bicyclic) bond motifs is 1. The molecule has 2 aromatic rings. The first kappa shape index (κ1) is 26.6. The molecule has 1 heterocycles. The molecule has 0 bridgehead atoms. The van der Waals surface area contributed by atoms with Crippen molar-refractivity contribution >= 4 is 27.2 Å². The SMILES string of the molecule is CCCCC1(CC)CN(c2ccccc2)c2cc(OC)c(O/C=C\C(=O)OCC)cc2S(=O)(=O)C1. The number of anilines is 2. The summed E-state index contributed by atoms with van der Waals surface area (Å²) in [7, 11) is -2.16. The molecule has 0 amide bonds. The highest BCUT2D eigenvalue weighted by atomic mass is 32.2. The van der Waals surface area contributed by atoms with Gasteiger partial charge in [0.1, 0.15) is 0 Å². The van der Waals surface area contributed by atoms with Gasteiger partial charge in [0.15, 0.2) is 21.3 Å². The van der Waals surface area contributed by atoms with E-state index in [1.165, 1.54) is 19.4 Å². The Balaban J connectivity index is 2.16. The molecule has 0 fully saturated rings. The van der Waals surface area contributed by atoms with E-state index in [1.807, 2.05) is 30.3 Å². The number of para-hydroxylation sites is 1. The van der Waals surface area contributed by atoms with Crippen LogP contribution in [-0.4, -0.2) is 40.4 Å². The monoisotopic (exact) mass is 501 g/mol. The Labute approximate surface area is 208 Å². The van der Waals surface area contributed by atoms with Gasteiger partial charge in [-0.3, -0.25) is 0 Å². The van der Waals surface area contributed by atoms with E-state index >= 15 is 0 Å². The van der Waals surface area contributed by atoms with Crippen molar-refractivity contribution < 1.29 is 27.4 Å². The van der Waals surface area contributed by atoms with Crippen LogP contribution in [0.1, 0.15) is 46.5 Å². The number of hydrogen-bond donors (Lipinski definition) is 0. The predicted octanol–water partition coefficient (Wildman–Crippen LogP) is 5.66. The first-order valence-corrected chi connectivity index (χ1v) is 13.7. The molecule has 1 aliphatic rings. The van der Waals surface area contributed by atoms with Crippen LogP contribution in [0.25, 0.3) is 0 Å². The summed E-state index contributed by atoms with van der Waals surface area (Å²) in [5.74, 6) is 0.0803. The number of methoxy groups -OCH3 is 1. The van der Waals surface area contributed by atoms with E-state index in [-0.39, 0.29) is 23.0 Å². The summed E-state index contributed by atoms with van der Waals surface area (Å²) in [5, 5.41) is 0. The summed E-state index contributed by atoms with van der Waals surface area (Å²) >= 11 is 0. The Bertz CT molecular complexity index is 1150. The fourth-order valence-electron chi connectivity index (χ4n) is 4.47. The Morgan fingerprint density at radius 3 is 2.49 bits per heavy atom. The maximum absolute atomic E-state index is 13.8. The first-order valence-electron chi connectivity index (χ1n) is 12.1. The lowest BCUT2D eigenvalue weighted by atomic mass is 9.81. The minimum absolute atomic E-state index is 0.0528. The van der Waals surface area contributed by atoms with Crippen LogP contribution in [0.5, 0.6) is 11.5 Å². The van der Waals surface area contributed by atoms with Gasteiger partial charge in [-0.2, -0.15) is 0 Å². The van der Waals surface area contributed by atoms with Gasteiger partial charge in [-0.05, 0) is 31.9 Å². The number of hydrogen-bond acceptors (Lipinski definition) is 7. The maximum atomic E-state index is 13.8. The largest absolute Gasteiger partial charge is 0.493 e. The number of unbranched alkanes of at least 4 members (excludes halogenated alkanes) is 1. The quantitative estimate of drug-likeness (QED) is 0.236. The molecule has 7 nitrogen and oxygen atoms in total.